The van der Waals surface area contributed by atoms with Gasteiger partial charge in [-0.05, 0) is 34.6 Å². The van der Waals surface area contributed by atoms with Crippen molar-refractivity contribution in [3.8, 4) is 0 Å². The Morgan fingerprint density at radius 3 is 2.19 bits per heavy atom. The van der Waals surface area contributed by atoms with E-state index in [-0.39, 0.29) is 29.6 Å². The number of amides is 3. The van der Waals surface area contributed by atoms with Crippen molar-refractivity contribution in [3.05, 3.63) is 65.7 Å². The first kappa shape index (κ1) is 22.7. The predicted octanol–water partition coefficient (Wildman–Crippen LogP) is 4.91. The van der Waals surface area contributed by atoms with Crippen LogP contribution >= 0.6 is 0 Å². The van der Waals surface area contributed by atoms with Gasteiger partial charge >= 0.3 is 0 Å². The van der Waals surface area contributed by atoms with E-state index in [1.54, 1.807) is 4.90 Å². The summed E-state index contributed by atoms with van der Waals surface area (Å²) in [7, 11) is 0. The topological polar surface area (TPSA) is 57.7 Å². The fourth-order valence-electron chi connectivity index (χ4n) is 3.85. The van der Waals surface area contributed by atoms with Crippen LogP contribution in [-0.4, -0.2) is 28.7 Å². The number of nitrogens with zero attached hydrogens (tertiary/aromatic N) is 2. The molecule has 1 unspecified atom stereocenters. The van der Waals surface area contributed by atoms with E-state index in [0.29, 0.717) is 24.6 Å². The summed E-state index contributed by atoms with van der Waals surface area (Å²) in [6.07, 6.45) is 0.314. The van der Waals surface area contributed by atoms with Crippen molar-refractivity contribution < 1.29 is 14.4 Å². The first-order chi connectivity index (χ1) is 14.6. The maximum absolute atomic E-state index is 13.3. The zero-order valence-electron chi connectivity index (χ0n) is 19.1. The molecular weight excluding hydrogens is 388 g/mol. The van der Waals surface area contributed by atoms with Crippen molar-refractivity contribution in [2.75, 3.05) is 4.90 Å². The van der Waals surface area contributed by atoms with Crippen molar-refractivity contribution in [2.45, 2.75) is 66.0 Å². The Labute approximate surface area is 185 Å². The van der Waals surface area contributed by atoms with Crippen LogP contribution in [0.1, 0.15) is 64.5 Å². The average molecular weight is 421 g/mol. The van der Waals surface area contributed by atoms with E-state index in [9.17, 15) is 14.4 Å². The molecule has 1 fully saturated rings. The van der Waals surface area contributed by atoms with Gasteiger partial charge in [-0.15, -0.1) is 0 Å². The molecule has 5 nitrogen and oxygen atoms in total. The molecule has 3 rings (SSSR count). The Morgan fingerprint density at radius 1 is 1.03 bits per heavy atom. The Morgan fingerprint density at radius 2 is 1.65 bits per heavy atom. The second-order valence-corrected chi connectivity index (χ2v) is 9.78. The molecule has 0 N–H and O–H groups in total. The molecule has 1 saturated heterocycles. The zero-order chi connectivity index (χ0) is 22.8. The highest BCUT2D eigenvalue weighted by Crippen LogP contribution is 2.30. The van der Waals surface area contributed by atoms with Crippen LogP contribution in [0.2, 0.25) is 0 Å². The van der Waals surface area contributed by atoms with Crippen LogP contribution in [0.4, 0.5) is 5.69 Å². The minimum atomic E-state index is -0.785. The molecule has 5 heteroatoms. The summed E-state index contributed by atoms with van der Waals surface area (Å²) in [5, 5.41) is 0. The molecule has 0 bridgehead atoms. The van der Waals surface area contributed by atoms with E-state index >= 15 is 0 Å². The molecule has 31 heavy (non-hydrogen) atoms. The van der Waals surface area contributed by atoms with E-state index in [1.165, 1.54) is 4.90 Å². The molecule has 0 aromatic heterocycles. The van der Waals surface area contributed by atoms with Gasteiger partial charge in [-0.2, -0.15) is 0 Å². The van der Waals surface area contributed by atoms with Gasteiger partial charge in [0.1, 0.15) is 6.04 Å². The third-order valence-electron chi connectivity index (χ3n) is 5.51. The lowest BCUT2D eigenvalue weighted by atomic mass is 9.91. The number of imide groups is 1. The molecule has 2 aromatic carbocycles. The van der Waals surface area contributed by atoms with Gasteiger partial charge in [0, 0.05) is 13.0 Å². The number of carbonyl (C=O) groups is 3. The summed E-state index contributed by atoms with van der Waals surface area (Å²) >= 11 is 0. The van der Waals surface area contributed by atoms with Gasteiger partial charge in [0.15, 0.2) is 0 Å². The molecule has 1 aliphatic heterocycles. The molecule has 164 valence electrons. The number of benzene rings is 2. The number of carbonyl (C=O) groups excluding carboxylic acids is 3. The summed E-state index contributed by atoms with van der Waals surface area (Å²) in [4.78, 5) is 42.2. The van der Waals surface area contributed by atoms with Crippen molar-refractivity contribution >= 4 is 23.4 Å². The molecule has 1 atom stereocenters. The van der Waals surface area contributed by atoms with Gasteiger partial charge in [0.25, 0.3) is 5.91 Å². The van der Waals surface area contributed by atoms with E-state index in [0.717, 1.165) is 11.1 Å². The van der Waals surface area contributed by atoms with Gasteiger partial charge in [-0.1, -0.05) is 77.1 Å². The average Bonchev–Trinajstić information content (AvgIpc) is 2.99. The molecule has 2 aromatic rings. The summed E-state index contributed by atoms with van der Waals surface area (Å²) < 4.78 is 0. The Balaban J connectivity index is 1.89. The van der Waals surface area contributed by atoms with Crippen molar-refractivity contribution in [1.82, 2.24) is 4.90 Å². The lowest BCUT2D eigenvalue weighted by molar-refractivity contribution is -0.140. The predicted molar refractivity (Wildman–Crippen MR) is 122 cm³/mol. The maximum Gasteiger partial charge on any atom is 0.257 e. The second-order valence-electron chi connectivity index (χ2n) is 9.78. The van der Waals surface area contributed by atoms with Crippen LogP contribution in [0.3, 0.4) is 0 Å². The largest absolute Gasteiger partial charge is 0.326 e. The number of hydrogen-bond donors (Lipinski definition) is 0. The quantitative estimate of drug-likeness (QED) is 0.624. The third kappa shape index (κ3) is 5.40. The fourth-order valence-corrected chi connectivity index (χ4v) is 3.85. The Hall–Kier alpha value is -2.95. The van der Waals surface area contributed by atoms with Crippen LogP contribution in [0.25, 0.3) is 0 Å². The number of hydrogen-bond acceptors (Lipinski definition) is 3. The smallest absolute Gasteiger partial charge is 0.257 e. The van der Waals surface area contributed by atoms with Crippen LogP contribution in [0.15, 0.2) is 54.6 Å². The second kappa shape index (κ2) is 9.04. The first-order valence-corrected chi connectivity index (χ1v) is 10.9. The van der Waals surface area contributed by atoms with Gasteiger partial charge < -0.3 is 4.90 Å². The number of rotatable bonds is 6. The van der Waals surface area contributed by atoms with Gasteiger partial charge in [-0.25, -0.2) is 4.90 Å². The lowest BCUT2D eigenvalue weighted by Gasteiger charge is -2.30. The molecule has 0 aliphatic carbocycles. The van der Waals surface area contributed by atoms with E-state index in [1.807, 2.05) is 75.4 Å². The zero-order valence-corrected chi connectivity index (χ0v) is 19.1. The van der Waals surface area contributed by atoms with Crippen LogP contribution < -0.4 is 4.90 Å². The molecule has 0 radical (unpaired) electrons. The maximum atomic E-state index is 13.3. The monoisotopic (exact) mass is 420 g/mol. The Bertz CT molecular complexity index is 943. The minimum Gasteiger partial charge on any atom is -0.326 e. The van der Waals surface area contributed by atoms with Crippen molar-refractivity contribution in [2.24, 2.45) is 5.41 Å². The standard InChI is InChI=1S/C26H32N2O3/c1-18(2)20-11-13-21(14-12-20)28-23(29)15-22(25(28)31)27(24(30)16-26(3,4)5)17-19-9-7-6-8-10-19/h6-14,18,22H,15-17H2,1-5H3. The molecule has 1 heterocycles. The highest BCUT2D eigenvalue weighted by molar-refractivity contribution is 6.23. The van der Waals surface area contributed by atoms with E-state index < -0.39 is 6.04 Å². The van der Waals surface area contributed by atoms with E-state index in [4.69, 9.17) is 0 Å². The minimum absolute atomic E-state index is 0.00742. The fraction of sp³-hybridized carbons (Fsp3) is 0.423. The van der Waals surface area contributed by atoms with Gasteiger partial charge in [0.2, 0.25) is 11.8 Å². The molecule has 0 saturated carbocycles. The van der Waals surface area contributed by atoms with Crippen molar-refractivity contribution in [3.63, 3.8) is 0 Å². The van der Waals surface area contributed by atoms with Gasteiger partial charge in [0.05, 0.1) is 12.1 Å². The molecule has 1 aliphatic rings. The van der Waals surface area contributed by atoms with Crippen LogP contribution in [-0.2, 0) is 20.9 Å². The van der Waals surface area contributed by atoms with E-state index in [2.05, 4.69) is 13.8 Å². The summed E-state index contributed by atoms with van der Waals surface area (Å²) in [5.74, 6) is -0.350. The van der Waals surface area contributed by atoms with Crippen molar-refractivity contribution in [1.29, 1.82) is 0 Å². The SMILES string of the molecule is CC(C)c1ccc(N2C(=O)CC(N(Cc3ccccc3)C(=O)CC(C)(C)C)C2=O)cc1. The molecule has 0 spiro atoms. The molecular formula is C26H32N2O3. The summed E-state index contributed by atoms with van der Waals surface area (Å²) in [6.45, 7) is 10.5. The third-order valence-corrected chi connectivity index (χ3v) is 5.51. The first-order valence-electron chi connectivity index (χ1n) is 10.9. The number of anilines is 1. The van der Waals surface area contributed by atoms with Crippen LogP contribution in [0, 0.1) is 5.41 Å². The highest BCUT2D eigenvalue weighted by Gasteiger charge is 2.44. The summed E-state index contributed by atoms with van der Waals surface area (Å²) in [5.41, 5.74) is 2.42. The van der Waals surface area contributed by atoms with Gasteiger partial charge in [-0.3, -0.25) is 14.4 Å². The Kier molecular flexibility index (Phi) is 6.63. The normalized spacial score (nSPS) is 16.8. The summed E-state index contributed by atoms with van der Waals surface area (Å²) in [6, 6.07) is 16.3. The highest BCUT2D eigenvalue weighted by atomic mass is 16.2. The molecule has 3 amide bonds. The lowest BCUT2D eigenvalue weighted by Crippen LogP contribution is -2.46. The van der Waals surface area contributed by atoms with Crippen LogP contribution in [0.5, 0.6) is 0 Å².